The van der Waals surface area contributed by atoms with E-state index < -0.39 is 17.8 Å². The number of benzene rings is 1. The third-order valence-corrected chi connectivity index (χ3v) is 7.61. The molecule has 0 aliphatic carbocycles. The molecule has 1 atom stereocenters. The van der Waals surface area contributed by atoms with Crippen molar-refractivity contribution >= 4 is 17.6 Å². The Morgan fingerprint density at radius 1 is 1.07 bits per heavy atom. The number of hydrogen-bond acceptors (Lipinski definition) is 9. The Bertz CT molecular complexity index is 1510. The van der Waals surface area contributed by atoms with Crippen LogP contribution in [-0.2, 0) is 17.6 Å². The zero-order valence-corrected chi connectivity index (χ0v) is 24.7. The van der Waals surface area contributed by atoms with E-state index in [2.05, 4.69) is 42.6 Å². The van der Waals surface area contributed by atoms with Gasteiger partial charge in [-0.3, -0.25) is 9.88 Å². The number of anilines is 2. The minimum Gasteiger partial charge on any atom is -0.491 e. The van der Waals surface area contributed by atoms with E-state index in [-0.39, 0.29) is 0 Å². The highest BCUT2D eigenvalue weighted by atomic mass is 19.1. The van der Waals surface area contributed by atoms with Crippen molar-refractivity contribution in [3.05, 3.63) is 90.5 Å². The summed E-state index contributed by atoms with van der Waals surface area (Å²) in [6, 6.07) is 14.4. The van der Waals surface area contributed by atoms with Gasteiger partial charge >= 0.3 is 5.97 Å². The van der Waals surface area contributed by atoms with Gasteiger partial charge in [-0.25, -0.2) is 24.1 Å². The number of halogens is 1. The summed E-state index contributed by atoms with van der Waals surface area (Å²) in [5.74, 6) is 0.418. The van der Waals surface area contributed by atoms with Crippen molar-refractivity contribution in [3.8, 4) is 16.9 Å². The molecule has 0 unspecified atom stereocenters. The molecule has 44 heavy (non-hydrogen) atoms. The zero-order chi connectivity index (χ0) is 30.6. The average Bonchev–Trinajstić information content (AvgIpc) is 3.05. The van der Waals surface area contributed by atoms with Gasteiger partial charge in [-0.15, -0.1) is 0 Å². The Balaban J connectivity index is 1.19. The van der Waals surface area contributed by atoms with E-state index in [0.29, 0.717) is 37.7 Å². The van der Waals surface area contributed by atoms with E-state index in [0.717, 1.165) is 74.0 Å². The summed E-state index contributed by atoms with van der Waals surface area (Å²) in [5.41, 5.74) is 3.98. The van der Waals surface area contributed by atoms with Gasteiger partial charge < -0.3 is 20.5 Å². The maximum atomic E-state index is 13.6. The van der Waals surface area contributed by atoms with Crippen LogP contribution in [0.4, 0.5) is 16.0 Å². The molecule has 0 bridgehead atoms. The lowest BCUT2D eigenvalue weighted by atomic mass is 10.1. The van der Waals surface area contributed by atoms with Gasteiger partial charge in [-0.2, -0.15) is 0 Å². The van der Waals surface area contributed by atoms with Gasteiger partial charge in [0.15, 0.2) is 0 Å². The molecule has 0 saturated heterocycles. The van der Waals surface area contributed by atoms with Crippen LogP contribution in [0.3, 0.4) is 0 Å². The summed E-state index contributed by atoms with van der Waals surface area (Å²) < 4.78 is 19.3. The highest BCUT2D eigenvalue weighted by Crippen LogP contribution is 2.26. The van der Waals surface area contributed by atoms with E-state index in [1.165, 1.54) is 24.2 Å². The van der Waals surface area contributed by atoms with Gasteiger partial charge in [0, 0.05) is 43.2 Å². The first-order valence-corrected chi connectivity index (χ1v) is 15.1. The van der Waals surface area contributed by atoms with Crippen LogP contribution in [0.25, 0.3) is 11.1 Å². The lowest BCUT2D eigenvalue weighted by Crippen LogP contribution is -2.37. The van der Waals surface area contributed by atoms with Crippen LogP contribution < -0.4 is 15.4 Å². The summed E-state index contributed by atoms with van der Waals surface area (Å²) >= 11 is 0. The van der Waals surface area contributed by atoms with Crippen molar-refractivity contribution in [2.75, 3.05) is 43.4 Å². The lowest BCUT2D eigenvalue weighted by molar-refractivity contribution is -0.138. The largest absolute Gasteiger partial charge is 0.491 e. The Morgan fingerprint density at radius 3 is 2.80 bits per heavy atom. The summed E-state index contributed by atoms with van der Waals surface area (Å²) in [4.78, 5) is 31.6. The second-order valence-corrected chi connectivity index (χ2v) is 10.8. The highest BCUT2D eigenvalue weighted by molar-refractivity contribution is 5.81. The van der Waals surface area contributed by atoms with Crippen LogP contribution in [0.1, 0.15) is 36.9 Å². The molecule has 5 rings (SSSR count). The normalized spacial score (nSPS) is 13.1. The molecule has 4 heterocycles. The number of unbranched alkanes of at least 4 members (excludes halogenated alkanes) is 1. The van der Waals surface area contributed by atoms with E-state index in [9.17, 15) is 14.3 Å². The Kier molecular flexibility index (Phi) is 11.0. The third kappa shape index (κ3) is 8.93. The number of carboxylic acid groups (broad SMARTS) is 1. The van der Waals surface area contributed by atoms with Gasteiger partial charge in [0.1, 0.15) is 42.2 Å². The SMILES string of the molecule is O=C(O)[C@H](CCN(CCCCc1ccc2c(n1)NCCC2)CCOc1cncc(F)c1)Nc1ncncc1-c1ccccc1. The number of aliphatic carboxylic acids is 1. The first kappa shape index (κ1) is 30.8. The Hall–Kier alpha value is -4.64. The quantitative estimate of drug-likeness (QED) is 0.150. The summed E-state index contributed by atoms with van der Waals surface area (Å²) in [5, 5.41) is 16.6. The molecule has 0 saturated carbocycles. The van der Waals surface area contributed by atoms with Crippen LogP contribution >= 0.6 is 0 Å². The second kappa shape index (κ2) is 15.7. The maximum Gasteiger partial charge on any atom is 0.326 e. The number of rotatable bonds is 16. The average molecular weight is 600 g/mol. The number of carboxylic acids is 1. The first-order valence-electron chi connectivity index (χ1n) is 15.1. The van der Waals surface area contributed by atoms with Crippen molar-refractivity contribution in [2.24, 2.45) is 0 Å². The van der Waals surface area contributed by atoms with Gasteiger partial charge in [0.25, 0.3) is 0 Å². The highest BCUT2D eigenvalue weighted by Gasteiger charge is 2.21. The minimum atomic E-state index is -0.961. The van der Waals surface area contributed by atoms with Gasteiger partial charge in [0.05, 0.1) is 12.4 Å². The van der Waals surface area contributed by atoms with Crippen molar-refractivity contribution in [1.82, 2.24) is 24.8 Å². The fourth-order valence-electron chi connectivity index (χ4n) is 5.26. The smallest absolute Gasteiger partial charge is 0.326 e. The van der Waals surface area contributed by atoms with Gasteiger partial charge in [-0.1, -0.05) is 36.4 Å². The molecule has 1 aliphatic heterocycles. The molecule has 3 N–H and O–H groups in total. The summed E-state index contributed by atoms with van der Waals surface area (Å²) in [6.07, 6.45) is 11.0. The number of carbonyl (C=O) groups is 1. The third-order valence-electron chi connectivity index (χ3n) is 7.61. The predicted molar refractivity (Wildman–Crippen MR) is 167 cm³/mol. The van der Waals surface area contributed by atoms with E-state index in [1.54, 1.807) is 6.20 Å². The van der Waals surface area contributed by atoms with Crippen LogP contribution in [0.15, 0.2) is 73.4 Å². The molecule has 0 amide bonds. The molecule has 0 spiro atoms. The van der Waals surface area contributed by atoms with Crippen molar-refractivity contribution < 1.29 is 19.0 Å². The number of nitrogens with one attached hydrogen (secondary N) is 2. The van der Waals surface area contributed by atoms with Crippen molar-refractivity contribution in [1.29, 1.82) is 0 Å². The van der Waals surface area contributed by atoms with E-state index in [4.69, 9.17) is 9.72 Å². The number of ether oxygens (including phenoxy) is 1. The number of aromatic nitrogens is 4. The van der Waals surface area contributed by atoms with E-state index >= 15 is 0 Å². The Labute approximate surface area is 256 Å². The number of hydrogen-bond donors (Lipinski definition) is 3. The van der Waals surface area contributed by atoms with Gasteiger partial charge in [0.2, 0.25) is 0 Å². The molecule has 3 aromatic heterocycles. The summed E-state index contributed by atoms with van der Waals surface area (Å²) in [7, 11) is 0. The monoisotopic (exact) mass is 599 g/mol. The molecule has 1 aromatic carbocycles. The molecule has 0 fully saturated rings. The fourth-order valence-corrected chi connectivity index (χ4v) is 5.26. The number of aryl methyl sites for hydroxylation is 2. The predicted octanol–water partition coefficient (Wildman–Crippen LogP) is 5.09. The maximum absolute atomic E-state index is 13.6. The van der Waals surface area contributed by atoms with Crippen LogP contribution in [0.5, 0.6) is 5.75 Å². The number of nitrogens with zero attached hydrogens (tertiary/aromatic N) is 5. The minimum absolute atomic E-state index is 0.318. The second-order valence-electron chi connectivity index (χ2n) is 10.8. The van der Waals surface area contributed by atoms with Crippen LogP contribution in [0, 0.1) is 5.82 Å². The molecule has 230 valence electrons. The molecular formula is C33H38FN7O3. The van der Waals surface area contributed by atoms with Gasteiger partial charge in [-0.05, 0) is 62.3 Å². The van der Waals surface area contributed by atoms with Crippen LogP contribution in [0.2, 0.25) is 0 Å². The Morgan fingerprint density at radius 2 is 1.95 bits per heavy atom. The molecular weight excluding hydrogens is 561 g/mol. The van der Waals surface area contributed by atoms with Crippen LogP contribution in [-0.4, -0.2) is 74.7 Å². The number of pyridine rings is 2. The molecule has 0 radical (unpaired) electrons. The summed E-state index contributed by atoms with van der Waals surface area (Å²) in [6.45, 7) is 3.10. The lowest BCUT2D eigenvalue weighted by Gasteiger charge is -2.25. The molecule has 1 aliphatic rings. The fraction of sp³-hybridized carbons (Fsp3) is 0.364. The molecule has 4 aromatic rings. The van der Waals surface area contributed by atoms with Crippen molar-refractivity contribution in [2.45, 2.75) is 44.6 Å². The topological polar surface area (TPSA) is 125 Å². The number of fused-ring (bicyclic) bond motifs is 1. The molecule has 11 heteroatoms. The van der Waals surface area contributed by atoms with E-state index in [1.807, 2.05) is 30.3 Å². The zero-order valence-electron chi connectivity index (χ0n) is 24.7. The first-order chi connectivity index (χ1) is 21.5. The standard InChI is InChI=1S/C33H38FN7O3/c34-26-19-28(21-35-20-26)44-18-17-41(15-5-4-10-27-12-11-25-9-6-14-37-31(25)39-27)16-13-30(33(42)43)40-32-29(22-36-23-38-32)24-7-2-1-3-8-24/h1-3,7-8,11-12,19-23,30H,4-6,9-10,13-18H2,(H,37,39)(H,42,43)(H,36,38,40)/t30-/m0/s1. The van der Waals surface area contributed by atoms with Crippen molar-refractivity contribution in [3.63, 3.8) is 0 Å². The molecule has 10 nitrogen and oxygen atoms in total.